The summed E-state index contributed by atoms with van der Waals surface area (Å²) in [6.07, 6.45) is 9.35. The van der Waals surface area contributed by atoms with E-state index < -0.39 is 0 Å². The Labute approximate surface area is 120 Å². The van der Waals surface area contributed by atoms with Crippen molar-refractivity contribution in [3.05, 3.63) is 34.3 Å². The van der Waals surface area contributed by atoms with Crippen molar-refractivity contribution in [2.24, 2.45) is 5.73 Å². The Morgan fingerprint density at radius 1 is 1.11 bits per heavy atom. The minimum atomic E-state index is 0.522. The first-order valence-corrected chi connectivity index (χ1v) is 8.02. The number of benzene rings is 1. The lowest BCUT2D eigenvalue weighted by Crippen LogP contribution is -2.12. The standard InChI is InChI=1S/C16H26BrN/c1-2-3-4-5-6-7-9-15(13-18)14-10-8-11-16(17)12-14/h8,10-12,15H,2-7,9,13,18H2,1H3. The van der Waals surface area contributed by atoms with Gasteiger partial charge in [0.1, 0.15) is 0 Å². The Hall–Kier alpha value is -0.340. The van der Waals surface area contributed by atoms with Crippen LogP contribution in [-0.2, 0) is 0 Å². The lowest BCUT2D eigenvalue weighted by Gasteiger charge is -2.15. The number of hydrogen-bond acceptors (Lipinski definition) is 1. The molecule has 0 spiro atoms. The van der Waals surface area contributed by atoms with Gasteiger partial charge >= 0.3 is 0 Å². The minimum absolute atomic E-state index is 0.522. The van der Waals surface area contributed by atoms with Gasteiger partial charge in [-0.1, -0.05) is 73.5 Å². The Morgan fingerprint density at radius 3 is 2.50 bits per heavy atom. The Bertz CT molecular complexity index is 325. The molecule has 0 fully saturated rings. The molecule has 0 saturated heterocycles. The molecule has 0 radical (unpaired) electrons. The van der Waals surface area contributed by atoms with Crippen LogP contribution in [0.3, 0.4) is 0 Å². The van der Waals surface area contributed by atoms with Crippen LogP contribution in [0, 0.1) is 0 Å². The van der Waals surface area contributed by atoms with E-state index in [2.05, 4.69) is 47.1 Å². The smallest absolute Gasteiger partial charge is 0.0178 e. The van der Waals surface area contributed by atoms with Crippen LogP contribution in [0.1, 0.15) is 63.4 Å². The van der Waals surface area contributed by atoms with Crippen molar-refractivity contribution >= 4 is 15.9 Å². The van der Waals surface area contributed by atoms with Gasteiger partial charge in [0.25, 0.3) is 0 Å². The van der Waals surface area contributed by atoms with Crippen molar-refractivity contribution in [1.29, 1.82) is 0 Å². The van der Waals surface area contributed by atoms with Crippen LogP contribution in [0.5, 0.6) is 0 Å². The van der Waals surface area contributed by atoms with Crippen molar-refractivity contribution in [2.45, 2.75) is 57.8 Å². The molecule has 0 aliphatic heterocycles. The van der Waals surface area contributed by atoms with E-state index in [9.17, 15) is 0 Å². The second kappa shape index (κ2) is 9.57. The molecule has 18 heavy (non-hydrogen) atoms. The molecule has 1 atom stereocenters. The molecule has 1 aromatic carbocycles. The maximum Gasteiger partial charge on any atom is 0.0178 e. The molecule has 2 heteroatoms. The minimum Gasteiger partial charge on any atom is -0.330 e. The van der Waals surface area contributed by atoms with Gasteiger partial charge in [-0.05, 0) is 36.6 Å². The molecule has 0 bridgehead atoms. The van der Waals surface area contributed by atoms with Crippen molar-refractivity contribution < 1.29 is 0 Å². The van der Waals surface area contributed by atoms with Crippen LogP contribution in [0.15, 0.2) is 28.7 Å². The molecule has 0 aromatic heterocycles. The zero-order chi connectivity index (χ0) is 13.2. The summed E-state index contributed by atoms with van der Waals surface area (Å²) in [7, 11) is 0. The van der Waals surface area contributed by atoms with Gasteiger partial charge in [0.15, 0.2) is 0 Å². The maximum atomic E-state index is 5.90. The molecule has 1 unspecified atom stereocenters. The van der Waals surface area contributed by atoms with Gasteiger partial charge in [0.05, 0.1) is 0 Å². The van der Waals surface area contributed by atoms with Gasteiger partial charge in [-0.3, -0.25) is 0 Å². The third kappa shape index (κ3) is 6.01. The van der Waals surface area contributed by atoms with E-state index in [1.165, 1.54) is 50.5 Å². The van der Waals surface area contributed by atoms with Crippen LogP contribution in [-0.4, -0.2) is 6.54 Å². The van der Waals surface area contributed by atoms with Crippen molar-refractivity contribution in [2.75, 3.05) is 6.54 Å². The van der Waals surface area contributed by atoms with E-state index in [0.29, 0.717) is 5.92 Å². The zero-order valence-electron chi connectivity index (χ0n) is 11.5. The van der Waals surface area contributed by atoms with Gasteiger partial charge in [-0.15, -0.1) is 0 Å². The summed E-state index contributed by atoms with van der Waals surface area (Å²) in [6, 6.07) is 8.57. The molecule has 0 aliphatic rings. The predicted octanol–water partition coefficient (Wildman–Crippen LogP) is 5.24. The van der Waals surface area contributed by atoms with Crippen molar-refractivity contribution in [3.63, 3.8) is 0 Å². The summed E-state index contributed by atoms with van der Waals surface area (Å²) in [5.41, 5.74) is 7.28. The van der Waals surface area contributed by atoms with Gasteiger partial charge < -0.3 is 5.73 Å². The summed E-state index contributed by atoms with van der Waals surface area (Å²) in [5, 5.41) is 0. The number of nitrogens with two attached hydrogens (primary N) is 1. The largest absolute Gasteiger partial charge is 0.330 e. The van der Waals surface area contributed by atoms with Gasteiger partial charge in [0.2, 0.25) is 0 Å². The Morgan fingerprint density at radius 2 is 1.83 bits per heavy atom. The molecule has 0 aliphatic carbocycles. The first kappa shape index (κ1) is 15.7. The normalized spacial score (nSPS) is 12.6. The third-order valence-electron chi connectivity index (χ3n) is 3.51. The van der Waals surface area contributed by atoms with E-state index in [1.54, 1.807) is 0 Å². The summed E-state index contributed by atoms with van der Waals surface area (Å²) >= 11 is 3.53. The van der Waals surface area contributed by atoms with Crippen molar-refractivity contribution in [3.8, 4) is 0 Å². The summed E-state index contributed by atoms with van der Waals surface area (Å²) in [4.78, 5) is 0. The quantitative estimate of drug-likeness (QED) is 0.620. The highest BCUT2D eigenvalue weighted by molar-refractivity contribution is 9.10. The topological polar surface area (TPSA) is 26.0 Å². The van der Waals surface area contributed by atoms with Crippen LogP contribution in [0.2, 0.25) is 0 Å². The first-order valence-electron chi connectivity index (χ1n) is 7.23. The Kier molecular flexibility index (Phi) is 8.36. The lowest BCUT2D eigenvalue weighted by atomic mass is 9.93. The van der Waals surface area contributed by atoms with E-state index >= 15 is 0 Å². The van der Waals surface area contributed by atoms with E-state index in [1.807, 2.05) is 0 Å². The van der Waals surface area contributed by atoms with Crippen LogP contribution in [0.4, 0.5) is 0 Å². The molecule has 2 N–H and O–H groups in total. The first-order chi connectivity index (χ1) is 8.77. The number of unbranched alkanes of at least 4 members (excludes halogenated alkanes) is 5. The average Bonchev–Trinajstić information content (AvgIpc) is 2.38. The molecule has 1 aromatic rings. The molecule has 0 heterocycles. The number of rotatable bonds is 9. The van der Waals surface area contributed by atoms with Crippen LogP contribution >= 0.6 is 15.9 Å². The van der Waals surface area contributed by atoms with Crippen LogP contribution in [0.25, 0.3) is 0 Å². The fourth-order valence-electron chi connectivity index (χ4n) is 2.35. The van der Waals surface area contributed by atoms with E-state index in [4.69, 9.17) is 5.73 Å². The maximum absolute atomic E-state index is 5.90. The second-order valence-electron chi connectivity index (χ2n) is 5.04. The zero-order valence-corrected chi connectivity index (χ0v) is 13.1. The molecule has 0 amide bonds. The fourth-order valence-corrected chi connectivity index (χ4v) is 2.77. The highest BCUT2D eigenvalue weighted by Crippen LogP contribution is 2.24. The highest BCUT2D eigenvalue weighted by Gasteiger charge is 2.09. The molecular formula is C16H26BrN. The lowest BCUT2D eigenvalue weighted by molar-refractivity contribution is 0.542. The Balaban J connectivity index is 2.29. The highest BCUT2D eigenvalue weighted by atomic mass is 79.9. The number of hydrogen-bond donors (Lipinski definition) is 1. The predicted molar refractivity (Wildman–Crippen MR) is 83.9 cm³/mol. The molecule has 0 saturated carbocycles. The van der Waals surface area contributed by atoms with E-state index in [0.717, 1.165) is 11.0 Å². The monoisotopic (exact) mass is 311 g/mol. The summed E-state index contributed by atoms with van der Waals surface area (Å²) in [5.74, 6) is 0.522. The average molecular weight is 312 g/mol. The van der Waals surface area contributed by atoms with Gasteiger partial charge in [-0.25, -0.2) is 0 Å². The van der Waals surface area contributed by atoms with E-state index in [-0.39, 0.29) is 0 Å². The molecular weight excluding hydrogens is 286 g/mol. The SMILES string of the molecule is CCCCCCCCC(CN)c1cccc(Br)c1. The third-order valence-corrected chi connectivity index (χ3v) is 4.00. The van der Waals surface area contributed by atoms with Crippen LogP contribution < -0.4 is 5.73 Å². The summed E-state index contributed by atoms with van der Waals surface area (Å²) in [6.45, 7) is 3.02. The van der Waals surface area contributed by atoms with Gasteiger partial charge in [-0.2, -0.15) is 0 Å². The second-order valence-corrected chi connectivity index (χ2v) is 5.96. The van der Waals surface area contributed by atoms with Crippen molar-refractivity contribution in [1.82, 2.24) is 0 Å². The molecule has 102 valence electrons. The summed E-state index contributed by atoms with van der Waals surface area (Å²) < 4.78 is 1.15. The number of halogens is 1. The van der Waals surface area contributed by atoms with Gasteiger partial charge in [0, 0.05) is 4.47 Å². The molecule has 1 nitrogen and oxygen atoms in total. The fraction of sp³-hybridized carbons (Fsp3) is 0.625. The molecule has 1 rings (SSSR count).